The fourth-order valence-electron chi connectivity index (χ4n) is 8.96. The van der Waals surface area contributed by atoms with Crippen molar-refractivity contribution in [1.29, 1.82) is 0 Å². The lowest BCUT2D eigenvalue weighted by Gasteiger charge is -2.08. The Labute approximate surface area is 358 Å². The van der Waals surface area contributed by atoms with Crippen LogP contribution < -0.4 is 9.47 Å². The Bertz CT molecular complexity index is 2540. The molecule has 0 heterocycles. The number of hydrogen-bond acceptors (Lipinski definition) is 2. The average molecular weight is 789 g/mol. The number of hydrogen-bond donors (Lipinski definition) is 0. The molecule has 0 N–H and O–H groups in total. The van der Waals surface area contributed by atoms with Crippen molar-refractivity contribution in [1.82, 2.24) is 0 Å². The topological polar surface area (TPSA) is 18.5 Å². The molecule has 0 radical (unpaired) electrons. The van der Waals surface area contributed by atoms with Gasteiger partial charge in [0.15, 0.2) is 0 Å². The molecule has 0 aromatic heterocycles. The smallest absolute Gasteiger partial charge is 0.119 e. The van der Waals surface area contributed by atoms with Crippen molar-refractivity contribution in [2.45, 2.75) is 117 Å². The highest BCUT2D eigenvalue weighted by atomic mass is 16.5. The van der Waals surface area contributed by atoms with Gasteiger partial charge >= 0.3 is 0 Å². The monoisotopic (exact) mass is 788 g/mol. The molecule has 8 aromatic rings. The molecule has 8 aromatic carbocycles. The first-order valence-electron chi connectivity index (χ1n) is 23.1. The fraction of sp³-hybridized carbons (Fsp3) is 0.345. The van der Waals surface area contributed by atoms with Crippen LogP contribution in [0.1, 0.15) is 139 Å². The standard InChI is InChI=1S/C58H60O2/c1-3-5-7-9-11-13-15-17-37-59-49-33-27-43(28-34-49)25-31-45-39-55-53-42-48-22-20-24-52-46(40-56(58(48)52)54(53)41-47-21-19-23-51(45)57(47)55)32-26-44-29-35-50(36-30-44)60-38-18-16-14-12-10-8-6-4-2/h19-24,27-30,33-36,39-42H,3-18,37-38H2,1-2H3. The van der Waals surface area contributed by atoms with Crippen LogP contribution in [0.3, 0.4) is 0 Å². The van der Waals surface area contributed by atoms with E-state index in [9.17, 15) is 0 Å². The highest BCUT2D eigenvalue weighted by molar-refractivity contribution is 6.32. The van der Waals surface area contributed by atoms with Gasteiger partial charge in [0.05, 0.1) is 13.2 Å². The third-order valence-electron chi connectivity index (χ3n) is 12.3. The molecule has 0 aliphatic rings. The average Bonchev–Trinajstić information content (AvgIpc) is 3.85. The summed E-state index contributed by atoms with van der Waals surface area (Å²) in [6.07, 6.45) is 20.8. The van der Waals surface area contributed by atoms with Crippen molar-refractivity contribution in [3.63, 3.8) is 0 Å². The van der Waals surface area contributed by atoms with Crippen LogP contribution >= 0.6 is 0 Å². The van der Waals surface area contributed by atoms with Crippen molar-refractivity contribution < 1.29 is 9.47 Å². The lowest BCUT2D eigenvalue weighted by molar-refractivity contribution is 0.304. The molecule has 0 amide bonds. The molecule has 0 atom stereocenters. The van der Waals surface area contributed by atoms with E-state index in [4.69, 9.17) is 9.47 Å². The minimum Gasteiger partial charge on any atom is -0.494 e. The van der Waals surface area contributed by atoms with Crippen LogP contribution in [0.5, 0.6) is 11.5 Å². The van der Waals surface area contributed by atoms with Gasteiger partial charge in [-0.05, 0) is 140 Å². The predicted molar refractivity (Wildman–Crippen MR) is 257 cm³/mol. The zero-order valence-electron chi connectivity index (χ0n) is 35.9. The third kappa shape index (κ3) is 9.83. The Morgan fingerprint density at radius 2 is 0.733 bits per heavy atom. The molecule has 2 heteroatoms. The van der Waals surface area contributed by atoms with E-state index >= 15 is 0 Å². The molecule has 60 heavy (non-hydrogen) atoms. The summed E-state index contributed by atoms with van der Waals surface area (Å²) < 4.78 is 12.1. The van der Waals surface area contributed by atoms with E-state index in [1.165, 1.54) is 144 Å². The van der Waals surface area contributed by atoms with Gasteiger partial charge in [0.25, 0.3) is 0 Å². The highest BCUT2D eigenvalue weighted by Crippen LogP contribution is 2.43. The molecule has 304 valence electrons. The molecular formula is C58H60O2. The van der Waals surface area contributed by atoms with Crippen LogP contribution in [-0.4, -0.2) is 13.2 Å². The molecule has 0 unspecified atom stereocenters. The molecule has 0 saturated carbocycles. The van der Waals surface area contributed by atoms with Gasteiger partial charge in [-0.15, -0.1) is 0 Å². The molecule has 0 spiro atoms. The Balaban J connectivity index is 0.965. The van der Waals surface area contributed by atoms with Crippen LogP contribution in [-0.2, 0) is 0 Å². The lowest BCUT2D eigenvalue weighted by atomic mass is 9.95. The van der Waals surface area contributed by atoms with Gasteiger partial charge in [0.2, 0.25) is 0 Å². The van der Waals surface area contributed by atoms with E-state index in [0.29, 0.717) is 0 Å². The summed E-state index contributed by atoms with van der Waals surface area (Å²) in [7, 11) is 0. The van der Waals surface area contributed by atoms with E-state index in [1.807, 2.05) is 0 Å². The summed E-state index contributed by atoms with van der Waals surface area (Å²) in [6.45, 7) is 6.09. The van der Waals surface area contributed by atoms with Gasteiger partial charge < -0.3 is 9.47 Å². The quantitative estimate of drug-likeness (QED) is 0.0435. The van der Waals surface area contributed by atoms with Crippen molar-refractivity contribution >= 4 is 53.9 Å². The molecule has 2 nitrogen and oxygen atoms in total. The first-order valence-corrected chi connectivity index (χ1v) is 23.1. The number of rotatable bonds is 20. The normalized spacial score (nSPS) is 11.4. The van der Waals surface area contributed by atoms with Crippen molar-refractivity contribution in [3.8, 4) is 35.2 Å². The number of fused-ring (bicyclic) bond motifs is 3. The maximum atomic E-state index is 6.06. The van der Waals surface area contributed by atoms with Gasteiger partial charge in [-0.2, -0.15) is 0 Å². The number of ether oxygens (including phenoxy) is 2. The lowest BCUT2D eigenvalue weighted by Crippen LogP contribution is -1.97. The van der Waals surface area contributed by atoms with Gasteiger partial charge in [0, 0.05) is 22.3 Å². The largest absolute Gasteiger partial charge is 0.494 e. The zero-order chi connectivity index (χ0) is 40.9. The number of benzene rings is 6. The molecular weight excluding hydrogens is 729 g/mol. The predicted octanol–water partition coefficient (Wildman–Crippen LogP) is 16.2. The van der Waals surface area contributed by atoms with E-state index < -0.39 is 0 Å². The summed E-state index contributed by atoms with van der Waals surface area (Å²) in [5.41, 5.74) is 4.12. The van der Waals surface area contributed by atoms with E-state index in [0.717, 1.165) is 59.8 Å². The van der Waals surface area contributed by atoms with Gasteiger partial charge in [-0.1, -0.05) is 164 Å². The Morgan fingerprint density at radius 1 is 0.350 bits per heavy atom. The van der Waals surface area contributed by atoms with Crippen molar-refractivity contribution in [3.05, 3.63) is 131 Å². The first-order chi connectivity index (χ1) is 29.7. The van der Waals surface area contributed by atoms with Gasteiger partial charge in [0.1, 0.15) is 11.5 Å². The summed E-state index contributed by atoms with van der Waals surface area (Å²) in [6, 6.07) is 39.1. The maximum Gasteiger partial charge on any atom is 0.119 e. The van der Waals surface area contributed by atoms with Crippen LogP contribution in [0.4, 0.5) is 0 Å². The molecule has 8 rings (SSSR count). The van der Waals surface area contributed by atoms with Gasteiger partial charge in [-0.3, -0.25) is 0 Å². The third-order valence-corrected chi connectivity index (χ3v) is 12.3. The molecule has 0 aliphatic carbocycles. The second-order valence-electron chi connectivity index (χ2n) is 16.8. The highest BCUT2D eigenvalue weighted by Gasteiger charge is 2.17. The second kappa shape index (κ2) is 20.5. The summed E-state index contributed by atoms with van der Waals surface area (Å²) in [4.78, 5) is 0. The first kappa shape index (κ1) is 41.1. The van der Waals surface area contributed by atoms with Crippen LogP contribution in [0.25, 0.3) is 53.9 Å². The summed E-state index contributed by atoms with van der Waals surface area (Å²) >= 11 is 0. The fourth-order valence-corrected chi connectivity index (χ4v) is 8.96. The Morgan fingerprint density at radius 3 is 1.13 bits per heavy atom. The van der Waals surface area contributed by atoms with Gasteiger partial charge in [-0.25, -0.2) is 0 Å². The summed E-state index contributed by atoms with van der Waals surface area (Å²) in [5, 5.41) is 12.5. The van der Waals surface area contributed by atoms with Crippen molar-refractivity contribution in [2.75, 3.05) is 13.2 Å². The zero-order valence-corrected chi connectivity index (χ0v) is 35.9. The van der Waals surface area contributed by atoms with E-state index in [-0.39, 0.29) is 0 Å². The molecule has 0 saturated heterocycles. The second-order valence-corrected chi connectivity index (χ2v) is 16.8. The minimum absolute atomic E-state index is 0.774. The SMILES string of the molecule is CCCCCCCCCCOc1ccc(C#Cc2cc3c4cc5cccc6c(C#Cc7ccc(OCCCCCCCCCC)cc7)cc(c4cc4cccc2c43)c56)cc1. The summed E-state index contributed by atoms with van der Waals surface area (Å²) in [5.74, 6) is 15.9. The van der Waals surface area contributed by atoms with Crippen LogP contribution in [0.15, 0.2) is 109 Å². The van der Waals surface area contributed by atoms with Crippen LogP contribution in [0, 0.1) is 23.7 Å². The van der Waals surface area contributed by atoms with E-state index in [1.54, 1.807) is 0 Å². The minimum atomic E-state index is 0.774. The van der Waals surface area contributed by atoms with E-state index in [2.05, 4.69) is 147 Å². The maximum absolute atomic E-state index is 6.06. The molecule has 0 aliphatic heterocycles. The molecule has 0 fully saturated rings. The number of unbranched alkanes of at least 4 members (excludes halogenated alkanes) is 14. The van der Waals surface area contributed by atoms with Crippen LogP contribution in [0.2, 0.25) is 0 Å². The Kier molecular flexibility index (Phi) is 14.0. The molecule has 0 bridgehead atoms. The van der Waals surface area contributed by atoms with Crippen molar-refractivity contribution in [2.24, 2.45) is 0 Å². The Hall–Kier alpha value is -5.70.